The Hall–Kier alpha value is -2.01. The first kappa shape index (κ1) is 24.1. The number of hydrogen-bond donors (Lipinski definition) is 1. The number of aliphatic hydroxyl groups excluding tert-OH is 1. The molecule has 33 heavy (non-hydrogen) atoms. The first-order chi connectivity index (χ1) is 15.7. The predicted octanol–water partition coefficient (Wildman–Crippen LogP) is 5.55. The molecule has 2 aromatic carbocycles. The fourth-order valence-corrected chi connectivity index (χ4v) is 7.21. The van der Waals surface area contributed by atoms with Crippen LogP contribution in [0.3, 0.4) is 0 Å². The second kappa shape index (κ2) is 9.69. The van der Waals surface area contributed by atoms with Crippen LogP contribution in [-0.4, -0.2) is 32.1 Å². The molecule has 0 unspecified atom stereocenters. The van der Waals surface area contributed by atoms with E-state index < -0.39 is 13.2 Å². The van der Waals surface area contributed by atoms with Gasteiger partial charge in [0.05, 0.1) is 6.10 Å². The number of fused-ring (bicyclic) bond motifs is 1. The lowest BCUT2D eigenvalue weighted by atomic mass is 9.75. The molecule has 0 aromatic heterocycles. The Bertz CT molecular complexity index is 1010. The molecule has 1 aliphatic carbocycles. The van der Waals surface area contributed by atoms with E-state index in [0.717, 1.165) is 24.9 Å². The van der Waals surface area contributed by atoms with E-state index in [1.807, 2.05) is 43.3 Å². The lowest BCUT2D eigenvalue weighted by molar-refractivity contribution is 0.0427. The molecule has 0 spiro atoms. The van der Waals surface area contributed by atoms with Crippen molar-refractivity contribution in [3.8, 4) is 11.5 Å². The van der Waals surface area contributed by atoms with Crippen molar-refractivity contribution in [1.29, 1.82) is 0 Å². The summed E-state index contributed by atoms with van der Waals surface area (Å²) in [5.74, 6) is 1.08. The quantitative estimate of drug-likeness (QED) is 0.532. The van der Waals surface area contributed by atoms with Crippen LogP contribution in [0.2, 0.25) is 0 Å². The van der Waals surface area contributed by atoms with Gasteiger partial charge in [-0.2, -0.15) is 0 Å². The molecule has 2 aromatic rings. The Morgan fingerprint density at radius 1 is 1.06 bits per heavy atom. The molecule has 1 N–H and O–H groups in total. The molecule has 0 bridgehead atoms. The molecule has 5 atom stereocenters. The van der Waals surface area contributed by atoms with Crippen LogP contribution in [0.15, 0.2) is 42.5 Å². The first-order valence-corrected chi connectivity index (χ1v) is 13.5. The number of anilines is 1. The van der Waals surface area contributed by atoms with Gasteiger partial charge in [0.1, 0.15) is 0 Å². The summed E-state index contributed by atoms with van der Waals surface area (Å²) in [5, 5.41) is 12.1. The van der Waals surface area contributed by atoms with Gasteiger partial charge in [-0.3, -0.25) is 4.57 Å². The summed E-state index contributed by atoms with van der Waals surface area (Å²) in [4.78, 5) is 1.99. The fraction of sp³-hybridized carbons (Fsp3) is 0.538. The van der Waals surface area contributed by atoms with Crippen molar-refractivity contribution in [3.63, 3.8) is 0 Å². The summed E-state index contributed by atoms with van der Waals surface area (Å²) in [7, 11) is 0.232. The Labute approximate surface area is 197 Å². The van der Waals surface area contributed by atoms with Gasteiger partial charge in [-0.1, -0.05) is 33.3 Å². The van der Waals surface area contributed by atoms with Gasteiger partial charge >= 0.3 is 0 Å². The summed E-state index contributed by atoms with van der Waals surface area (Å²) < 4.78 is 32.1. The number of aliphatic hydroxyl groups is 1. The van der Waals surface area contributed by atoms with E-state index >= 15 is 0 Å². The zero-order chi connectivity index (χ0) is 23.8. The smallest absolute Gasteiger partial charge is 0.264 e. The Morgan fingerprint density at radius 3 is 2.42 bits per heavy atom. The van der Waals surface area contributed by atoms with Crippen LogP contribution in [0.1, 0.15) is 51.4 Å². The molecule has 6 nitrogen and oxygen atoms in total. The van der Waals surface area contributed by atoms with Crippen LogP contribution in [0.5, 0.6) is 11.5 Å². The van der Waals surface area contributed by atoms with Crippen molar-refractivity contribution in [2.24, 2.45) is 17.8 Å². The monoisotopic (exact) mass is 473 g/mol. The van der Waals surface area contributed by atoms with E-state index in [2.05, 4.69) is 20.8 Å². The van der Waals surface area contributed by atoms with Crippen molar-refractivity contribution >= 4 is 18.4 Å². The topological polar surface area (TPSA) is 68.2 Å². The standard InChI is InChI=1S/C26H36NO5P/c1-17(2)22-12-6-18(3)14-24(22)32-33(29,21-10-8-20(9-11-21)27(4)5)26(28)19-7-13-23-25(15-19)31-16-30-23/h7-11,13,15,17-18,22,24,26,28H,6,12,14,16H2,1-5H3/t18-,22-,24-,26+,33-/m1/s1. The molecule has 7 heteroatoms. The van der Waals surface area contributed by atoms with Crippen molar-refractivity contribution in [2.45, 2.75) is 52.0 Å². The van der Waals surface area contributed by atoms with E-state index in [-0.39, 0.29) is 12.9 Å². The average molecular weight is 474 g/mol. The second-order valence-electron chi connectivity index (χ2n) is 9.96. The fourth-order valence-electron chi connectivity index (χ4n) is 4.93. The number of ether oxygens (including phenoxy) is 2. The minimum atomic E-state index is -3.69. The van der Waals surface area contributed by atoms with E-state index in [9.17, 15) is 9.67 Å². The normalized spacial score (nSPS) is 25.0. The van der Waals surface area contributed by atoms with Crippen molar-refractivity contribution in [2.75, 3.05) is 25.8 Å². The van der Waals surface area contributed by atoms with Crippen LogP contribution in [0.4, 0.5) is 5.69 Å². The van der Waals surface area contributed by atoms with Crippen LogP contribution >= 0.6 is 7.37 Å². The van der Waals surface area contributed by atoms with Gasteiger partial charge in [0.2, 0.25) is 6.79 Å². The van der Waals surface area contributed by atoms with E-state index in [1.54, 1.807) is 18.2 Å². The largest absolute Gasteiger partial charge is 0.454 e. The molecule has 4 rings (SSSR count). The minimum Gasteiger partial charge on any atom is -0.454 e. The SMILES string of the molecule is CC(C)[C@H]1CC[C@@H](C)C[C@H]1O[P@](=O)(c1ccc(N(C)C)cc1)[C@H](O)c1ccc2c(c1)OCO2. The van der Waals surface area contributed by atoms with Crippen molar-refractivity contribution in [1.82, 2.24) is 0 Å². The van der Waals surface area contributed by atoms with Gasteiger partial charge in [-0.25, -0.2) is 0 Å². The maximum atomic E-state index is 14.7. The molecule has 180 valence electrons. The van der Waals surface area contributed by atoms with Crippen LogP contribution < -0.4 is 19.7 Å². The lowest BCUT2D eigenvalue weighted by Crippen LogP contribution is -2.35. The van der Waals surface area contributed by atoms with Crippen LogP contribution in [-0.2, 0) is 9.09 Å². The van der Waals surface area contributed by atoms with Gasteiger partial charge < -0.3 is 24.0 Å². The third-order valence-corrected chi connectivity index (χ3v) is 9.54. The molecule has 2 aliphatic rings. The average Bonchev–Trinajstić information content (AvgIpc) is 3.26. The first-order valence-electron chi connectivity index (χ1n) is 11.8. The number of hydrogen-bond acceptors (Lipinski definition) is 6. The maximum absolute atomic E-state index is 14.7. The summed E-state index contributed by atoms with van der Waals surface area (Å²) in [6.07, 6.45) is 2.87. The summed E-state index contributed by atoms with van der Waals surface area (Å²) >= 11 is 0. The van der Waals surface area contributed by atoms with Gasteiger partial charge in [0.15, 0.2) is 17.3 Å². The van der Waals surface area contributed by atoms with Gasteiger partial charge in [0, 0.05) is 25.1 Å². The molecular weight excluding hydrogens is 437 g/mol. The Morgan fingerprint density at radius 2 is 1.76 bits per heavy atom. The molecule has 0 radical (unpaired) electrons. The van der Waals surface area contributed by atoms with Gasteiger partial charge in [-0.15, -0.1) is 0 Å². The van der Waals surface area contributed by atoms with Crippen LogP contribution in [0.25, 0.3) is 0 Å². The Kier molecular flexibility index (Phi) is 7.09. The van der Waals surface area contributed by atoms with Crippen LogP contribution in [0, 0.1) is 17.8 Å². The highest BCUT2D eigenvalue weighted by molar-refractivity contribution is 7.67. The third-order valence-electron chi connectivity index (χ3n) is 7.00. The molecule has 0 amide bonds. The summed E-state index contributed by atoms with van der Waals surface area (Å²) in [6.45, 7) is 6.76. The van der Waals surface area contributed by atoms with E-state index in [4.69, 9.17) is 14.0 Å². The highest BCUT2D eigenvalue weighted by atomic mass is 31.2. The minimum absolute atomic E-state index is 0.144. The van der Waals surface area contributed by atoms with Crippen molar-refractivity contribution in [3.05, 3.63) is 48.0 Å². The maximum Gasteiger partial charge on any atom is 0.264 e. The zero-order valence-electron chi connectivity index (χ0n) is 20.2. The molecule has 0 saturated heterocycles. The van der Waals surface area contributed by atoms with Gasteiger partial charge in [-0.05, 0) is 72.6 Å². The Balaban J connectivity index is 1.73. The molecular formula is C26H36NO5P. The highest BCUT2D eigenvalue weighted by Gasteiger charge is 2.43. The molecule has 1 heterocycles. The second-order valence-corrected chi connectivity index (χ2v) is 12.4. The van der Waals surface area contributed by atoms with Crippen molar-refractivity contribution < 1.29 is 23.7 Å². The summed E-state index contributed by atoms with van der Waals surface area (Å²) in [5.41, 5.74) is 1.50. The molecule has 1 fully saturated rings. The molecule has 1 aliphatic heterocycles. The lowest BCUT2D eigenvalue weighted by Gasteiger charge is -2.40. The molecule has 1 saturated carbocycles. The summed E-state index contributed by atoms with van der Waals surface area (Å²) in [6, 6.07) is 12.7. The van der Waals surface area contributed by atoms with Gasteiger partial charge in [0.25, 0.3) is 7.37 Å². The van der Waals surface area contributed by atoms with E-state index in [0.29, 0.717) is 40.1 Å². The zero-order valence-corrected chi connectivity index (χ0v) is 21.1. The number of nitrogens with zero attached hydrogens (tertiary/aromatic N) is 1. The van der Waals surface area contributed by atoms with E-state index in [1.165, 1.54) is 0 Å². The third kappa shape index (κ3) is 4.94. The number of benzene rings is 2. The highest BCUT2D eigenvalue weighted by Crippen LogP contribution is 2.61. The predicted molar refractivity (Wildman–Crippen MR) is 132 cm³/mol. The number of rotatable bonds is 7.